The minimum Gasteiger partial charge on any atom is -0.451 e. The van der Waals surface area contributed by atoms with Crippen LogP contribution in [0.15, 0.2) is 24.3 Å². The van der Waals surface area contributed by atoms with Gasteiger partial charge in [0.1, 0.15) is 4.61 Å². The molecule has 0 heterocycles. The molecular formula is C8H6INO4. The number of carbonyl (C=O) groups is 1. The topological polar surface area (TPSA) is 69.4 Å². The first kappa shape index (κ1) is 10.9. The van der Waals surface area contributed by atoms with Crippen molar-refractivity contribution in [2.24, 2.45) is 0 Å². The number of nitro benzene ring substituents is 1. The maximum Gasteiger partial charge on any atom is 0.338 e. The lowest BCUT2D eigenvalue weighted by atomic mass is 10.2. The standard InChI is InChI=1S/C8H6INO4/c9-5-14-8(11)6-1-3-7(4-2-6)10(12)13/h1-4H,5H2. The lowest BCUT2D eigenvalue weighted by Gasteiger charge is -1.99. The molecule has 0 N–H and O–H groups in total. The molecule has 1 rings (SSSR count). The van der Waals surface area contributed by atoms with Crippen LogP contribution in [-0.2, 0) is 4.74 Å². The van der Waals surface area contributed by atoms with Gasteiger partial charge >= 0.3 is 5.97 Å². The van der Waals surface area contributed by atoms with Gasteiger partial charge in [-0.2, -0.15) is 0 Å². The molecule has 0 aliphatic carbocycles. The van der Waals surface area contributed by atoms with Crippen LogP contribution in [0.4, 0.5) is 5.69 Å². The Kier molecular flexibility index (Phi) is 3.81. The minimum absolute atomic E-state index is 0.0453. The molecule has 0 atom stereocenters. The Morgan fingerprint density at radius 2 is 2.00 bits per heavy atom. The van der Waals surface area contributed by atoms with Crippen LogP contribution in [0.2, 0.25) is 0 Å². The highest BCUT2D eigenvalue weighted by molar-refractivity contribution is 14.1. The van der Waals surface area contributed by atoms with Crippen LogP contribution >= 0.6 is 22.6 Å². The first-order valence-electron chi connectivity index (χ1n) is 3.62. The third-order valence-corrected chi connectivity index (χ3v) is 1.81. The molecular weight excluding hydrogens is 301 g/mol. The third-order valence-electron chi connectivity index (χ3n) is 1.50. The highest BCUT2D eigenvalue weighted by Gasteiger charge is 2.09. The van der Waals surface area contributed by atoms with Gasteiger partial charge in [0.25, 0.3) is 5.69 Å². The summed E-state index contributed by atoms with van der Waals surface area (Å²) in [5.41, 5.74) is 0.267. The van der Waals surface area contributed by atoms with Crippen molar-refractivity contribution in [2.75, 3.05) is 4.61 Å². The number of carbonyl (C=O) groups excluding carboxylic acids is 1. The monoisotopic (exact) mass is 307 g/mol. The van der Waals surface area contributed by atoms with Gasteiger partial charge in [0.15, 0.2) is 0 Å². The van der Waals surface area contributed by atoms with E-state index >= 15 is 0 Å². The summed E-state index contributed by atoms with van der Waals surface area (Å²) in [4.78, 5) is 20.9. The smallest absolute Gasteiger partial charge is 0.338 e. The fourth-order valence-electron chi connectivity index (χ4n) is 0.852. The molecule has 14 heavy (non-hydrogen) atoms. The Morgan fingerprint density at radius 3 is 2.43 bits per heavy atom. The van der Waals surface area contributed by atoms with E-state index in [1.165, 1.54) is 24.3 Å². The summed E-state index contributed by atoms with van der Waals surface area (Å²) in [6.07, 6.45) is 0. The molecule has 1 aromatic carbocycles. The van der Waals surface area contributed by atoms with E-state index in [9.17, 15) is 14.9 Å². The fraction of sp³-hybridized carbons (Fsp3) is 0.125. The molecule has 5 nitrogen and oxygen atoms in total. The Bertz CT molecular complexity index is 349. The number of alkyl halides is 1. The summed E-state index contributed by atoms with van der Waals surface area (Å²) in [5.74, 6) is -0.478. The predicted octanol–water partition coefficient (Wildman–Crippen LogP) is 2.14. The molecule has 6 heteroatoms. The van der Waals surface area contributed by atoms with Crippen LogP contribution in [0.25, 0.3) is 0 Å². The minimum atomic E-state index is -0.520. The number of halogens is 1. The Morgan fingerprint density at radius 1 is 1.43 bits per heavy atom. The number of hydrogen-bond donors (Lipinski definition) is 0. The first-order chi connectivity index (χ1) is 6.65. The lowest BCUT2D eigenvalue weighted by molar-refractivity contribution is -0.384. The van der Waals surface area contributed by atoms with E-state index in [0.29, 0.717) is 5.56 Å². The molecule has 0 aliphatic heterocycles. The second kappa shape index (κ2) is 4.89. The zero-order valence-corrected chi connectivity index (χ0v) is 9.13. The van der Waals surface area contributed by atoms with E-state index < -0.39 is 10.9 Å². The van der Waals surface area contributed by atoms with Crippen LogP contribution in [0.5, 0.6) is 0 Å². The van der Waals surface area contributed by atoms with Crippen LogP contribution in [0.3, 0.4) is 0 Å². The Hall–Kier alpha value is -1.18. The maximum atomic E-state index is 11.1. The van der Waals surface area contributed by atoms with Gasteiger partial charge in [-0.15, -0.1) is 0 Å². The molecule has 0 amide bonds. The summed E-state index contributed by atoms with van der Waals surface area (Å²) in [5, 5.41) is 10.3. The molecule has 0 spiro atoms. The van der Waals surface area contributed by atoms with Gasteiger partial charge in [0, 0.05) is 12.1 Å². The van der Waals surface area contributed by atoms with Gasteiger partial charge in [0.2, 0.25) is 0 Å². The van der Waals surface area contributed by atoms with Crippen molar-refractivity contribution in [1.82, 2.24) is 0 Å². The summed E-state index contributed by atoms with van der Waals surface area (Å²) in [7, 11) is 0. The van der Waals surface area contributed by atoms with E-state index in [1.807, 2.05) is 22.6 Å². The average molecular weight is 307 g/mol. The van der Waals surface area contributed by atoms with Gasteiger partial charge in [-0.1, -0.05) is 0 Å². The Labute approximate surface area is 93.4 Å². The summed E-state index contributed by atoms with van der Waals surface area (Å²) >= 11 is 1.90. The number of esters is 1. The molecule has 1 aromatic rings. The van der Waals surface area contributed by atoms with Crippen molar-refractivity contribution in [1.29, 1.82) is 0 Å². The van der Waals surface area contributed by atoms with E-state index in [4.69, 9.17) is 4.74 Å². The average Bonchev–Trinajstić information content (AvgIpc) is 2.18. The van der Waals surface area contributed by atoms with Crippen molar-refractivity contribution in [2.45, 2.75) is 0 Å². The number of non-ortho nitro benzene ring substituents is 1. The molecule has 0 aromatic heterocycles. The summed E-state index contributed by atoms with van der Waals surface area (Å²) in [6.45, 7) is 0. The van der Waals surface area contributed by atoms with Crippen molar-refractivity contribution in [3.05, 3.63) is 39.9 Å². The number of hydrogen-bond acceptors (Lipinski definition) is 4. The second-order valence-electron chi connectivity index (χ2n) is 2.34. The fourth-order valence-corrected chi connectivity index (χ4v) is 1.13. The van der Waals surface area contributed by atoms with Gasteiger partial charge in [0.05, 0.1) is 10.5 Å². The number of nitro groups is 1. The van der Waals surface area contributed by atoms with Crippen molar-refractivity contribution in [3.8, 4) is 0 Å². The third kappa shape index (κ3) is 2.66. The number of ether oxygens (including phenoxy) is 1. The SMILES string of the molecule is O=C(OCI)c1ccc([N+](=O)[O-])cc1. The summed E-state index contributed by atoms with van der Waals surface area (Å²) in [6, 6.07) is 5.27. The Balaban J connectivity index is 2.83. The second-order valence-corrected chi connectivity index (χ2v) is 2.97. The molecule has 0 unspecified atom stereocenters. The van der Waals surface area contributed by atoms with Crippen molar-refractivity contribution >= 4 is 34.2 Å². The number of benzene rings is 1. The van der Waals surface area contributed by atoms with Crippen molar-refractivity contribution in [3.63, 3.8) is 0 Å². The first-order valence-corrected chi connectivity index (χ1v) is 5.15. The zero-order chi connectivity index (χ0) is 10.6. The summed E-state index contributed by atoms with van der Waals surface area (Å²) < 4.78 is 4.96. The molecule has 0 aliphatic rings. The van der Waals surface area contributed by atoms with Gasteiger partial charge in [-0.25, -0.2) is 4.79 Å². The predicted molar refractivity (Wildman–Crippen MR) is 57.4 cm³/mol. The van der Waals surface area contributed by atoms with E-state index in [1.54, 1.807) is 0 Å². The van der Waals surface area contributed by atoms with Crippen LogP contribution in [0.1, 0.15) is 10.4 Å². The molecule has 74 valence electrons. The van der Waals surface area contributed by atoms with E-state index in [0.717, 1.165) is 0 Å². The molecule has 0 fully saturated rings. The molecule has 0 saturated heterocycles. The van der Waals surface area contributed by atoms with Crippen LogP contribution in [0, 0.1) is 10.1 Å². The van der Waals surface area contributed by atoms with Gasteiger partial charge in [-0.3, -0.25) is 10.1 Å². The van der Waals surface area contributed by atoms with Crippen LogP contribution < -0.4 is 0 Å². The lowest BCUT2D eigenvalue weighted by Crippen LogP contribution is -2.03. The van der Waals surface area contributed by atoms with Crippen LogP contribution in [-0.4, -0.2) is 15.5 Å². The molecule has 0 bridgehead atoms. The van der Waals surface area contributed by atoms with Gasteiger partial charge in [-0.05, 0) is 34.7 Å². The normalized spacial score (nSPS) is 9.50. The molecule has 0 saturated carbocycles. The van der Waals surface area contributed by atoms with Gasteiger partial charge < -0.3 is 4.74 Å². The largest absolute Gasteiger partial charge is 0.451 e. The van der Waals surface area contributed by atoms with E-state index in [2.05, 4.69) is 0 Å². The van der Waals surface area contributed by atoms with Crippen molar-refractivity contribution < 1.29 is 14.5 Å². The highest BCUT2D eigenvalue weighted by Crippen LogP contribution is 2.12. The van der Waals surface area contributed by atoms with E-state index in [-0.39, 0.29) is 10.3 Å². The molecule has 0 radical (unpaired) electrons. The number of nitrogens with zero attached hydrogens (tertiary/aromatic N) is 1. The highest BCUT2D eigenvalue weighted by atomic mass is 127. The quantitative estimate of drug-likeness (QED) is 0.282. The number of rotatable bonds is 3. The zero-order valence-electron chi connectivity index (χ0n) is 6.97. The maximum absolute atomic E-state index is 11.1.